The lowest BCUT2D eigenvalue weighted by Crippen LogP contribution is -2.57. The van der Waals surface area contributed by atoms with Gasteiger partial charge in [0.05, 0.1) is 23.3 Å². The Morgan fingerprint density at radius 3 is 2.49 bits per heavy atom. The van der Waals surface area contributed by atoms with Gasteiger partial charge in [-0.2, -0.15) is 0 Å². The average Bonchev–Trinajstić information content (AvgIpc) is 3.48. The van der Waals surface area contributed by atoms with Crippen molar-refractivity contribution in [1.82, 2.24) is 24.7 Å². The first-order chi connectivity index (χ1) is 22.3. The number of amides is 3. The molecule has 1 saturated carbocycles. The van der Waals surface area contributed by atoms with E-state index >= 15 is 4.39 Å². The minimum absolute atomic E-state index is 0.0686. The summed E-state index contributed by atoms with van der Waals surface area (Å²) in [6.45, 7) is 6.85. The maximum Gasteiger partial charge on any atom is 0.407 e. The molecule has 12 heteroatoms. The molecule has 1 spiro atoms. The lowest BCUT2D eigenvalue weighted by molar-refractivity contribution is 0.0191. The van der Waals surface area contributed by atoms with Crippen molar-refractivity contribution in [1.29, 1.82) is 0 Å². The highest BCUT2D eigenvalue weighted by Gasteiger charge is 2.48. The van der Waals surface area contributed by atoms with Crippen molar-refractivity contribution in [3.63, 3.8) is 0 Å². The molecule has 2 saturated heterocycles. The van der Waals surface area contributed by atoms with Crippen molar-refractivity contribution in [2.45, 2.75) is 89.9 Å². The van der Waals surface area contributed by atoms with E-state index < -0.39 is 41.2 Å². The highest BCUT2D eigenvalue weighted by Crippen LogP contribution is 2.49. The Morgan fingerprint density at radius 2 is 1.74 bits per heavy atom. The quantitative estimate of drug-likeness (QED) is 0.345. The van der Waals surface area contributed by atoms with E-state index in [1.807, 2.05) is 4.90 Å². The zero-order valence-electron chi connectivity index (χ0n) is 27.1. The molecule has 0 bridgehead atoms. The van der Waals surface area contributed by atoms with E-state index in [4.69, 9.17) is 4.74 Å². The Bertz CT molecular complexity index is 1720. The lowest BCUT2D eigenvalue weighted by Gasteiger charge is -2.49. The third kappa shape index (κ3) is 6.96. The smallest absolute Gasteiger partial charge is 0.407 e. The first kappa shape index (κ1) is 32.8. The number of nitrogens with zero attached hydrogens (tertiary/aromatic N) is 4. The number of halogens is 3. The second-order valence-electron chi connectivity index (χ2n) is 14.4. The Kier molecular flexibility index (Phi) is 8.97. The topological polar surface area (TPSA) is 96.8 Å². The number of alkyl carbamates (subject to hydrolysis) is 1. The van der Waals surface area contributed by atoms with Crippen LogP contribution < -0.4 is 10.9 Å². The molecular weight excluding hydrogens is 611 g/mol. The Hall–Kier alpha value is -4.09. The van der Waals surface area contributed by atoms with Crippen molar-refractivity contribution in [2.24, 2.45) is 11.3 Å². The van der Waals surface area contributed by atoms with Gasteiger partial charge in [-0.05, 0) is 101 Å². The molecule has 2 aromatic carbocycles. The summed E-state index contributed by atoms with van der Waals surface area (Å²) in [5.74, 6) is -1.62. The van der Waals surface area contributed by atoms with Gasteiger partial charge in [0.2, 0.25) is 0 Å². The zero-order chi connectivity index (χ0) is 33.5. The zero-order valence-corrected chi connectivity index (χ0v) is 27.1. The minimum Gasteiger partial charge on any atom is -0.444 e. The maximum atomic E-state index is 15.2. The van der Waals surface area contributed by atoms with Crippen LogP contribution >= 0.6 is 0 Å². The van der Waals surface area contributed by atoms with Crippen LogP contribution in [0.3, 0.4) is 0 Å². The first-order valence-electron chi connectivity index (χ1n) is 16.5. The van der Waals surface area contributed by atoms with Crippen LogP contribution in [0, 0.1) is 28.8 Å². The summed E-state index contributed by atoms with van der Waals surface area (Å²) in [6.07, 6.45) is 6.01. The highest BCUT2D eigenvalue weighted by atomic mass is 19.1. The second kappa shape index (κ2) is 12.8. The molecule has 1 N–H and O–H groups in total. The van der Waals surface area contributed by atoms with Gasteiger partial charge in [-0.1, -0.05) is 12.8 Å². The molecule has 2 aliphatic heterocycles. The molecule has 1 aromatic heterocycles. The monoisotopic (exact) mass is 653 g/mol. The van der Waals surface area contributed by atoms with Crippen LogP contribution in [0.1, 0.15) is 77.3 Å². The number of carbonyl (C=O) groups is 2. The standard InChI is InChI=1S/C35H42F3N5O4/c1-34(2,3)47-32(45)40-25-11-15-43(30(18-25)26-16-23(36)6-8-28(26)38)33(46)41-14-10-22(35(20-41)12-4-5-13-35)19-42-21-39-29-9-7-24(37)17-27(29)31(42)44/h6-9,16-17,21-22,25,30H,4-5,10-15,18-20H2,1-3H3,(H,40,45)/t22-,25+,30-/m0/s1. The number of nitrogens with one attached hydrogen (secondary N) is 1. The van der Waals surface area contributed by atoms with E-state index in [2.05, 4.69) is 10.3 Å². The predicted octanol–water partition coefficient (Wildman–Crippen LogP) is 6.55. The third-order valence-electron chi connectivity index (χ3n) is 10.1. The lowest BCUT2D eigenvalue weighted by atomic mass is 9.69. The molecule has 9 nitrogen and oxygen atoms in total. The summed E-state index contributed by atoms with van der Waals surface area (Å²) < 4.78 is 50.6. The third-order valence-corrected chi connectivity index (χ3v) is 10.1. The van der Waals surface area contributed by atoms with Gasteiger partial charge in [0.15, 0.2) is 0 Å². The maximum absolute atomic E-state index is 15.2. The van der Waals surface area contributed by atoms with E-state index in [0.717, 1.165) is 43.9 Å². The largest absolute Gasteiger partial charge is 0.444 e. The summed E-state index contributed by atoms with van der Waals surface area (Å²) in [6, 6.07) is 5.79. The number of urea groups is 1. The molecule has 3 heterocycles. The number of rotatable bonds is 4. The molecule has 1 aliphatic carbocycles. The number of benzene rings is 2. The number of aromatic nitrogens is 2. The van der Waals surface area contributed by atoms with Gasteiger partial charge in [0, 0.05) is 37.8 Å². The van der Waals surface area contributed by atoms with Crippen molar-refractivity contribution >= 4 is 23.0 Å². The fraction of sp³-hybridized carbons (Fsp3) is 0.543. The highest BCUT2D eigenvalue weighted by molar-refractivity contribution is 5.77. The fourth-order valence-corrected chi connectivity index (χ4v) is 7.84. The molecule has 3 atom stereocenters. The van der Waals surface area contributed by atoms with E-state index in [-0.39, 0.29) is 46.8 Å². The fourth-order valence-electron chi connectivity index (χ4n) is 7.84. The summed E-state index contributed by atoms with van der Waals surface area (Å²) in [7, 11) is 0. The number of piperidine rings is 2. The van der Waals surface area contributed by atoms with E-state index in [1.165, 1.54) is 24.5 Å². The summed E-state index contributed by atoms with van der Waals surface area (Å²) >= 11 is 0. The molecule has 252 valence electrons. The molecule has 3 fully saturated rings. The van der Waals surface area contributed by atoms with Crippen LogP contribution in [-0.4, -0.2) is 62.8 Å². The molecule has 3 amide bonds. The summed E-state index contributed by atoms with van der Waals surface area (Å²) in [5, 5.41) is 3.09. The second-order valence-corrected chi connectivity index (χ2v) is 14.4. The summed E-state index contributed by atoms with van der Waals surface area (Å²) in [4.78, 5) is 48.0. The van der Waals surface area contributed by atoms with E-state index in [1.54, 1.807) is 30.2 Å². The SMILES string of the molecule is CC(C)(C)OC(=O)N[C@@H]1CCN(C(=O)N2CC[C@@H](Cn3cnc4ccc(F)cc4c3=O)C3(CCCC3)C2)[C@H](c2cc(F)ccc2F)C1. The van der Waals surface area contributed by atoms with Crippen molar-refractivity contribution in [2.75, 3.05) is 19.6 Å². The predicted molar refractivity (Wildman–Crippen MR) is 170 cm³/mol. The van der Waals surface area contributed by atoms with Crippen LogP contribution in [0.5, 0.6) is 0 Å². The van der Waals surface area contributed by atoms with Gasteiger partial charge in [0.25, 0.3) is 5.56 Å². The first-order valence-corrected chi connectivity index (χ1v) is 16.5. The van der Waals surface area contributed by atoms with Crippen LogP contribution in [0.15, 0.2) is 47.5 Å². The number of ether oxygens (including phenoxy) is 1. The molecule has 3 aromatic rings. The molecule has 6 rings (SSSR count). The van der Waals surface area contributed by atoms with Gasteiger partial charge < -0.3 is 19.9 Å². The number of fused-ring (bicyclic) bond motifs is 1. The Labute approximate surface area is 272 Å². The van der Waals surface area contributed by atoms with Gasteiger partial charge in [-0.3, -0.25) is 9.36 Å². The Morgan fingerprint density at radius 1 is 1.02 bits per heavy atom. The van der Waals surface area contributed by atoms with Crippen molar-refractivity contribution in [3.8, 4) is 0 Å². The molecule has 47 heavy (non-hydrogen) atoms. The summed E-state index contributed by atoms with van der Waals surface area (Å²) in [5.41, 5.74) is -0.699. The van der Waals surface area contributed by atoms with Gasteiger partial charge in [0.1, 0.15) is 23.1 Å². The van der Waals surface area contributed by atoms with Gasteiger partial charge in [-0.15, -0.1) is 0 Å². The number of carbonyl (C=O) groups excluding carboxylic acids is 2. The molecule has 0 unspecified atom stereocenters. The van der Waals surface area contributed by atoms with Crippen LogP contribution in [0.4, 0.5) is 22.8 Å². The van der Waals surface area contributed by atoms with Gasteiger partial charge in [-0.25, -0.2) is 27.7 Å². The molecule has 0 radical (unpaired) electrons. The van der Waals surface area contributed by atoms with Gasteiger partial charge >= 0.3 is 12.1 Å². The normalized spacial score (nSPS) is 22.9. The van der Waals surface area contributed by atoms with Crippen molar-refractivity contribution in [3.05, 3.63) is 76.1 Å². The van der Waals surface area contributed by atoms with Crippen molar-refractivity contribution < 1.29 is 27.5 Å². The average molecular weight is 654 g/mol. The van der Waals surface area contributed by atoms with Crippen LogP contribution in [0.25, 0.3) is 10.9 Å². The van der Waals surface area contributed by atoms with E-state index in [9.17, 15) is 23.2 Å². The number of hydrogen-bond acceptors (Lipinski definition) is 5. The minimum atomic E-state index is -0.799. The van der Waals surface area contributed by atoms with Crippen LogP contribution in [-0.2, 0) is 11.3 Å². The number of likely N-dealkylation sites (tertiary alicyclic amines) is 2. The van der Waals surface area contributed by atoms with Crippen LogP contribution in [0.2, 0.25) is 0 Å². The molecular formula is C35H42F3N5O4. The molecule has 3 aliphatic rings. The number of hydrogen-bond donors (Lipinski definition) is 1. The Balaban J connectivity index is 1.22. The van der Waals surface area contributed by atoms with E-state index in [0.29, 0.717) is 38.0 Å².